The van der Waals surface area contributed by atoms with E-state index in [-0.39, 0.29) is 36.8 Å². The lowest BCUT2D eigenvalue weighted by atomic mass is 9.99. The van der Waals surface area contributed by atoms with Crippen LogP contribution in [0.3, 0.4) is 0 Å². The summed E-state index contributed by atoms with van der Waals surface area (Å²) in [5.41, 5.74) is 2.37. The highest BCUT2D eigenvalue weighted by Crippen LogP contribution is 2.19. The first kappa shape index (κ1) is 32.7. The van der Waals surface area contributed by atoms with Crippen LogP contribution in [0.5, 0.6) is 11.5 Å². The molecule has 3 amide bonds. The Balaban J connectivity index is 1.48. The Hall–Kier alpha value is -5.18. The summed E-state index contributed by atoms with van der Waals surface area (Å²) in [6.07, 6.45) is 1.13. The van der Waals surface area contributed by atoms with E-state index in [1.54, 1.807) is 45.2 Å². The maximum absolute atomic E-state index is 13.7. The molecule has 0 unspecified atom stereocenters. The van der Waals surface area contributed by atoms with Gasteiger partial charge in [-0.3, -0.25) is 14.4 Å². The van der Waals surface area contributed by atoms with Gasteiger partial charge in [-0.15, -0.1) is 0 Å². The highest BCUT2D eigenvalue weighted by Gasteiger charge is 2.30. The Labute approximate surface area is 263 Å². The number of carbonyl (C=O) groups excluding carboxylic acids is 4. The van der Waals surface area contributed by atoms with E-state index in [0.29, 0.717) is 17.6 Å². The molecule has 0 aromatic heterocycles. The molecule has 4 aromatic rings. The minimum absolute atomic E-state index is 0.0567. The van der Waals surface area contributed by atoms with Crippen LogP contribution < -0.4 is 20.7 Å². The molecule has 234 valence electrons. The predicted molar refractivity (Wildman–Crippen MR) is 173 cm³/mol. The summed E-state index contributed by atoms with van der Waals surface area (Å²) in [6.45, 7) is 3.58. The van der Waals surface area contributed by atoms with Gasteiger partial charge in [0.2, 0.25) is 17.7 Å². The molecule has 0 aliphatic rings. The van der Waals surface area contributed by atoms with E-state index in [0.717, 1.165) is 21.9 Å². The first-order valence-corrected chi connectivity index (χ1v) is 14.9. The zero-order valence-corrected chi connectivity index (χ0v) is 25.7. The lowest BCUT2D eigenvalue weighted by Crippen LogP contribution is -2.57. The minimum Gasteiger partial charge on any atom is -0.508 e. The van der Waals surface area contributed by atoms with Crippen molar-refractivity contribution in [3.63, 3.8) is 0 Å². The van der Waals surface area contributed by atoms with Crippen LogP contribution in [0.1, 0.15) is 30.5 Å². The van der Waals surface area contributed by atoms with E-state index in [4.69, 9.17) is 4.74 Å². The Morgan fingerprint density at radius 1 is 0.778 bits per heavy atom. The maximum Gasteiger partial charge on any atom is 0.243 e. The molecule has 45 heavy (non-hydrogen) atoms. The van der Waals surface area contributed by atoms with Crippen LogP contribution in [0.2, 0.25) is 0 Å². The molecule has 3 atom stereocenters. The molecule has 0 spiro atoms. The van der Waals surface area contributed by atoms with Gasteiger partial charge in [0.1, 0.15) is 29.9 Å². The number of nitrogens with one attached hydrogen (secondary N) is 3. The van der Waals surface area contributed by atoms with Crippen molar-refractivity contribution in [2.75, 3.05) is 7.11 Å². The topological polar surface area (TPSA) is 134 Å². The van der Waals surface area contributed by atoms with Gasteiger partial charge < -0.3 is 30.6 Å². The number of amides is 3. The minimum atomic E-state index is -1.01. The second kappa shape index (κ2) is 15.5. The number of aldehydes is 1. The van der Waals surface area contributed by atoms with Gasteiger partial charge in [-0.2, -0.15) is 0 Å². The van der Waals surface area contributed by atoms with Crippen LogP contribution in [0.25, 0.3) is 10.8 Å². The lowest BCUT2D eigenvalue weighted by molar-refractivity contribution is -0.133. The van der Waals surface area contributed by atoms with E-state index < -0.39 is 29.9 Å². The summed E-state index contributed by atoms with van der Waals surface area (Å²) >= 11 is 0. The van der Waals surface area contributed by atoms with Crippen molar-refractivity contribution in [3.05, 3.63) is 108 Å². The van der Waals surface area contributed by atoms with Crippen molar-refractivity contribution in [2.24, 2.45) is 5.92 Å². The van der Waals surface area contributed by atoms with Crippen LogP contribution in [-0.2, 0) is 38.4 Å². The van der Waals surface area contributed by atoms with E-state index >= 15 is 0 Å². The molecule has 4 rings (SSSR count). The second-order valence-corrected chi connectivity index (χ2v) is 11.3. The molecule has 0 aliphatic heterocycles. The number of aromatic hydroxyl groups is 1. The second-order valence-electron chi connectivity index (χ2n) is 11.3. The molecule has 0 heterocycles. The van der Waals surface area contributed by atoms with Gasteiger partial charge in [0.05, 0.1) is 19.6 Å². The van der Waals surface area contributed by atoms with Crippen LogP contribution in [0, 0.1) is 5.92 Å². The molecule has 0 radical (unpaired) electrons. The Bertz CT molecular complexity index is 1610. The number of ether oxygens (including phenoxy) is 1. The van der Waals surface area contributed by atoms with Crippen LogP contribution >= 0.6 is 0 Å². The number of rotatable bonds is 14. The average molecular weight is 610 g/mol. The molecule has 0 saturated carbocycles. The van der Waals surface area contributed by atoms with Crippen molar-refractivity contribution in [3.8, 4) is 11.5 Å². The van der Waals surface area contributed by atoms with Crippen molar-refractivity contribution < 1.29 is 29.0 Å². The monoisotopic (exact) mass is 609 g/mol. The van der Waals surface area contributed by atoms with Crippen molar-refractivity contribution in [2.45, 2.75) is 51.2 Å². The fourth-order valence-corrected chi connectivity index (χ4v) is 5.15. The van der Waals surface area contributed by atoms with Gasteiger partial charge >= 0.3 is 0 Å². The van der Waals surface area contributed by atoms with E-state index in [1.165, 1.54) is 12.1 Å². The summed E-state index contributed by atoms with van der Waals surface area (Å²) in [5.74, 6) is -0.954. The van der Waals surface area contributed by atoms with Gasteiger partial charge in [0.15, 0.2) is 0 Å². The Kier molecular flexibility index (Phi) is 11.3. The highest BCUT2D eigenvalue weighted by atomic mass is 16.5. The van der Waals surface area contributed by atoms with Gasteiger partial charge in [-0.25, -0.2) is 0 Å². The van der Waals surface area contributed by atoms with Gasteiger partial charge in [0.25, 0.3) is 0 Å². The molecule has 0 fully saturated rings. The third-order valence-corrected chi connectivity index (χ3v) is 7.61. The zero-order chi connectivity index (χ0) is 32.3. The Morgan fingerprint density at radius 3 is 2.09 bits per heavy atom. The summed E-state index contributed by atoms with van der Waals surface area (Å²) in [6, 6.07) is 24.3. The lowest BCUT2D eigenvalue weighted by Gasteiger charge is -2.26. The fraction of sp³-hybridized carbons (Fsp3) is 0.278. The smallest absolute Gasteiger partial charge is 0.243 e. The quantitative estimate of drug-likeness (QED) is 0.160. The number of methoxy groups -OCH3 is 1. The maximum atomic E-state index is 13.7. The summed E-state index contributed by atoms with van der Waals surface area (Å²) in [5, 5.41) is 20.1. The fourth-order valence-electron chi connectivity index (χ4n) is 5.15. The van der Waals surface area contributed by atoms with Crippen LogP contribution in [0.15, 0.2) is 91.0 Å². The van der Waals surface area contributed by atoms with E-state index in [9.17, 15) is 24.3 Å². The molecule has 9 nitrogen and oxygen atoms in total. The summed E-state index contributed by atoms with van der Waals surface area (Å²) < 4.78 is 5.18. The third-order valence-electron chi connectivity index (χ3n) is 7.61. The number of carbonyl (C=O) groups is 4. The Morgan fingerprint density at radius 2 is 1.42 bits per heavy atom. The number of hydrogen-bond acceptors (Lipinski definition) is 6. The molecule has 4 aromatic carbocycles. The molecule has 0 saturated heterocycles. The first-order chi connectivity index (χ1) is 21.7. The van der Waals surface area contributed by atoms with Crippen LogP contribution in [0.4, 0.5) is 0 Å². The number of benzene rings is 4. The first-order valence-electron chi connectivity index (χ1n) is 14.9. The molecule has 9 heteroatoms. The standard InChI is InChI=1S/C36H39N3O6/c1-23(2)34(36(44)37-28(22-40)19-24-13-17-30(45-3)18-14-24)39-35(43)32(20-25-11-15-29(41)16-12-25)38-33(42)21-27-9-6-8-26-7-4-5-10-31(26)27/h4-18,22-23,28,32,34,41H,19-21H2,1-3H3,(H,37,44)(H,38,42)(H,39,43)/t28-,32-,34-/m0/s1. The largest absolute Gasteiger partial charge is 0.508 e. The molecular formula is C36H39N3O6. The SMILES string of the molecule is COc1ccc(C[C@@H](C=O)NC(=O)[C@@H](NC(=O)[C@H](Cc2ccc(O)cc2)NC(=O)Cc2cccc3ccccc23)C(C)C)cc1. The van der Waals surface area contributed by atoms with E-state index in [2.05, 4.69) is 16.0 Å². The predicted octanol–water partition coefficient (Wildman–Crippen LogP) is 3.89. The van der Waals surface area contributed by atoms with E-state index in [1.807, 2.05) is 54.6 Å². The summed E-state index contributed by atoms with van der Waals surface area (Å²) in [7, 11) is 1.57. The average Bonchev–Trinajstić information content (AvgIpc) is 3.04. The number of hydrogen-bond donors (Lipinski definition) is 4. The molecule has 0 bridgehead atoms. The molecule has 0 aliphatic carbocycles. The summed E-state index contributed by atoms with van der Waals surface area (Å²) in [4.78, 5) is 52.3. The van der Waals surface area contributed by atoms with Crippen molar-refractivity contribution >= 4 is 34.8 Å². The van der Waals surface area contributed by atoms with Gasteiger partial charge in [0, 0.05) is 6.42 Å². The number of phenolic OH excluding ortho intramolecular Hbond substituents is 1. The normalized spacial score (nSPS) is 13.0. The van der Waals surface area contributed by atoms with Crippen molar-refractivity contribution in [1.29, 1.82) is 0 Å². The van der Waals surface area contributed by atoms with Crippen LogP contribution in [-0.4, -0.2) is 54.3 Å². The number of fused-ring (bicyclic) bond motifs is 1. The molecular weight excluding hydrogens is 570 g/mol. The number of phenols is 1. The highest BCUT2D eigenvalue weighted by molar-refractivity contribution is 5.95. The third kappa shape index (κ3) is 9.15. The zero-order valence-electron chi connectivity index (χ0n) is 25.7. The molecule has 4 N–H and O–H groups in total. The van der Waals surface area contributed by atoms with Gasteiger partial charge in [-0.1, -0.05) is 80.6 Å². The van der Waals surface area contributed by atoms with Gasteiger partial charge in [-0.05, 0) is 64.1 Å². The van der Waals surface area contributed by atoms with Crippen molar-refractivity contribution in [1.82, 2.24) is 16.0 Å².